The molecule has 0 amide bonds. The number of nitrogens with one attached hydrogen (secondary N) is 1. The van der Waals surface area contributed by atoms with E-state index in [2.05, 4.69) is 38.4 Å². The van der Waals surface area contributed by atoms with Crippen LogP contribution in [0, 0.1) is 6.92 Å². The van der Waals surface area contributed by atoms with Crippen molar-refractivity contribution in [2.75, 3.05) is 30.4 Å². The van der Waals surface area contributed by atoms with Crippen LogP contribution < -0.4 is 10.2 Å². The van der Waals surface area contributed by atoms with E-state index in [4.69, 9.17) is 9.72 Å². The number of aromatic nitrogens is 3. The van der Waals surface area contributed by atoms with Crippen molar-refractivity contribution < 1.29 is 4.74 Å². The van der Waals surface area contributed by atoms with Gasteiger partial charge in [0.15, 0.2) is 0 Å². The van der Waals surface area contributed by atoms with Gasteiger partial charge < -0.3 is 15.0 Å². The third-order valence-electron chi connectivity index (χ3n) is 4.52. The van der Waals surface area contributed by atoms with Crippen LogP contribution in [0.4, 0.5) is 17.2 Å². The number of benzene rings is 1. The molecule has 128 valence electrons. The zero-order valence-corrected chi connectivity index (χ0v) is 14.4. The van der Waals surface area contributed by atoms with Crippen LogP contribution in [0.2, 0.25) is 0 Å². The van der Waals surface area contributed by atoms with E-state index in [-0.39, 0.29) is 6.10 Å². The summed E-state index contributed by atoms with van der Waals surface area (Å²) in [5.74, 6) is 1.77. The summed E-state index contributed by atoms with van der Waals surface area (Å²) in [6, 6.07) is 10.1. The van der Waals surface area contributed by atoms with Gasteiger partial charge in [0.2, 0.25) is 0 Å². The van der Waals surface area contributed by atoms with E-state index in [1.807, 2.05) is 19.1 Å². The number of rotatable bonds is 4. The molecule has 6 heteroatoms. The highest BCUT2D eigenvalue weighted by atomic mass is 16.5. The second kappa shape index (κ2) is 6.64. The first-order chi connectivity index (χ1) is 12.2. The van der Waals surface area contributed by atoms with Crippen LogP contribution in [0.3, 0.4) is 0 Å². The van der Waals surface area contributed by atoms with Crippen LogP contribution in [-0.2, 0) is 4.74 Å². The maximum Gasteiger partial charge on any atom is 0.140 e. The molecule has 3 aromatic rings. The number of methoxy groups -OCH3 is 1. The minimum absolute atomic E-state index is 0.275. The van der Waals surface area contributed by atoms with Gasteiger partial charge in [-0.05, 0) is 43.7 Å². The molecule has 1 aliphatic heterocycles. The van der Waals surface area contributed by atoms with Gasteiger partial charge in [-0.25, -0.2) is 9.97 Å². The third kappa shape index (κ3) is 3.25. The Balaban J connectivity index is 1.69. The summed E-state index contributed by atoms with van der Waals surface area (Å²) in [5.41, 5.74) is 2.88. The fourth-order valence-corrected chi connectivity index (χ4v) is 3.26. The zero-order valence-electron chi connectivity index (χ0n) is 14.4. The molecule has 0 radical (unpaired) electrons. The molecule has 0 spiro atoms. The van der Waals surface area contributed by atoms with Crippen LogP contribution in [-0.4, -0.2) is 41.3 Å². The minimum atomic E-state index is 0.275. The Bertz CT molecular complexity index is 884. The Labute approximate surface area is 146 Å². The molecule has 1 fully saturated rings. The molecular formula is C19H21N5O. The van der Waals surface area contributed by atoms with E-state index < -0.39 is 0 Å². The minimum Gasteiger partial charge on any atom is -0.380 e. The Morgan fingerprint density at radius 2 is 2.12 bits per heavy atom. The first kappa shape index (κ1) is 15.8. The van der Waals surface area contributed by atoms with Gasteiger partial charge in [0.05, 0.1) is 23.5 Å². The van der Waals surface area contributed by atoms with Gasteiger partial charge in [-0.15, -0.1) is 0 Å². The number of hydrogen-bond donors (Lipinski definition) is 1. The lowest BCUT2D eigenvalue weighted by Gasteiger charge is -2.20. The molecule has 25 heavy (non-hydrogen) atoms. The van der Waals surface area contributed by atoms with Gasteiger partial charge in [0.25, 0.3) is 0 Å². The fraction of sp³-hybridized carbons (Fsp3) is 0.316. The van der Waals surface area contributed by atoms with Gasteiger partial charge >= 0.3 is 0 Å². The quantitative estimate of drug-likeness (QED) is 0.789. The average molecular weight is 335 g/mol. The molecule has 4 rings (SSSR count). The van der Waals surface area contributed by atoms with Crippen LogP contribution in [0.15, 0.2) is 42.7 Å². The number of nitrogens with zero attached hydrogens (tertiary/aromatic N) is 4. The predicted octanol–water partition coefficient (Wildman–Crippen LogP) is 3.30. The zero-order chi connectivity index (χ0) is 17.2. The van der Waals surface area contributed by atoms with E-state index in [0.717, 1.165) is 53.4 Å². The molecule has 0 bridgehead atoms. The number of hydrogen-bond acceptors (Lipinski definition) is 6. The van der Waals surface area contributed by atoms with Crippen LogP contribution >= 0.6 is 0 Å². The van der Waals surface area contributed by atoms with Crippen LogP contribution in [0.25, 0.3) is 10.9 Å². The molecule has 1 N–H and O–H groups in total. The molecule has 6 nitrogen and oxygen atoms in total. The number of aryl methyl sites for hydroxylation is 1. The Kier molecular flexibility index (Phi) is 4.19. The normalized spacial score (nSPS) is 17.2. The lowest BCUT2D eigenvalue weighted by atomic mass is 10.2. The van der Waals surface area contributed by atoms with Crippen LogP contribution in [0.1, 0.15) is 12.2 Å². The topological polar surface area (TPSA) is 63.2 Å². The average Bonchev–Trinajstić information content (AvgIpc) is 3.10. The van der Waals surface area contributed by atoms with Gasteiger partial charge in [0.1, 0.15) is 11.6 Å². The maximum atomic E-state index is 5.49. The number of fused-ring (bicyclic) bond motifs is 1. The molecule has 1 atom stereocenters. The van der Waals surface area contributed by atoms with Gasteiger partial charge in [-0.1, -0.05) is 0 Å². The van der Waals surface area contributed by atoms with Crippen molar-refractivity contribution in [3.8, 4) is 0 Å². The van der Waals surface area contributed by atoms with Gasteiger partial charge in [-0.3, -0.25) is 4.98 Å². The smallest absolute Gasteiger partial charge is 0.140 e. The molecule has 3 heterocycles. The standard InChI is InChI=1S/C19H21N5O/c1-13-21-18-10-14(23-15-4-3-8-20-11-15)5-6-17(18)19(22-13)24-9-7-16(12-24)25-2/h3-6,8,10-11,16,23H,7,9,12H2,1-2H3. The second-order valence-corrected chi connectivity index (χ2v) is 6.29. The Morgan fingerprint density at radius 3 is 2.88 bits per heavy atom. The largest absolute Gasteiger partial charge is 0.380 e. The van der Waals surface area contributed by atoms with E-state index in [1.54, 1.807) is 19.5 Å². The van der Waals surface area contributed by atoms with E-state index in [0.29, 0.717) is 0 Å². The summed E-state index contributed by atoms with van der Waals surface area (Å²) in [7, 11) is 1.77. The summed E-state index contributed by atoms with van der Waals surface area (Å²) in [4.78, 5) is 15.7. The highest BCUT2D eigenvalue weighted by Crippen LogP contribution is 2.30. The van der Waals surface area contributed by atoms with Crippen molar-refractivity contribution in [2.24, 2.45) is 0 Å². The monoisotopic (exact) mass is 335 g/mol. The van der Waals surface area contributed by atoms with Crippen molar-refractivity contribution in [3.05, 3.63) is 48.5 Å². The van der Waals surface area contributed by atoms with Crippen molar-refractivity contribution in [1.82, 2.24) is 15.0 Å². The molecule has 0 aliphatic carbocycles. The summed E-state index contributed by atoms with van der Waals surface area (Å²) in [5, 5.41) is 4.43. The van der Waals surface area contributed by atoms with Crippen molar-refractivity contribution >= 4 is 28.1 Å². The number of pyridine rings is 1. The lowest BCUT2D eigenvalue weighted by molar-refractivity contribution is 0.121. The molecule has 1 saturated heterocycles. The molecule has 1 aromatic carbocycles. The van der Waals surface area contributed by atoms with Crippen LogP contribution in [0.5, 0.6) is 0 Å². The maximum absolute atomic E-state index is 5.49. The molecular weight excluding hydrogens is 314 g/mol. The number of ether oxygens (including phenoxy) is 1. The Hall–Kier alpha value is -2.73. The second-order valence-electron chi connectivity index (χ2n) is 6.29. The first-order valence-electron chi connectivity index (χ1n) is 8.46. The third-order valence-corrected chi connectivity index (χ3v) is 4.52. The van der Waals surface area contributed by atoms with Gasteiger partial charge in [-0.2, -0.15) is 0 Å². The van der Waals surface area contributed by atoms with Crippen molar-refractivity contribution in [2.45, 2.75) is 19.4 Å². The highest BCUT2D eigenvalue weighted by Gasteiger charge is 2.25. The molecule has 1 aliphatic rings. The fourth-order valence-electron chi connectivity index (χ4n) is 3.26. The summed E-state index contributed by atoms with van der Waals surface area (Å²) < 4.78 is 5.49. The Morgan fingerprint density at radius 1 is 1.20 bits per heavy atom. The highest BCUT2D eigenvalue weighted by molar-refractivity contribution is 5.92. The molecule has 0 saturated carbocycles. The predicted molar refractivity (Wildman–Crippen MR) is 99.4 cm³/mol. The van der Waals surface area contributed by atoms with E-state index in [9.17, 15) is 0 Å². The van der Waals surface area contributed by atoms with Crippen molar-refractivity contribution in [3.63, 3.8) is 0 Å². The van der Waals surface area contributed by atoms with Crippen molar-refractivity contribution in [1.29, 1.82) is 0 Å². The summed E-state index contributed by atoms with van der Waals surface area (Å²) in [6.45, 7) is 3.77. The lowest BCUT2D eigenvalue weighted by Crippen LogP contribution is -2.23. The summed E-state index contributed by atoms with van der Waals surface area (Å²) >= 11 is 0. The molecule has 2 aromatic heterocycles. The number of anilines is 3. The summed E-state index contributed by atoms with van der Waals surface area (Å²) in [6.07, 6.45) is 4.87. The van der Waals surface area contributed by atoms with E-state index in [1.165, 1.54) is 0 Å². The SMILES string of the molecule is COC1CCN(c2nc(C)nc3cc(Nc4cccnc4)ccc23)C1. The first-order valence-corrected chi connectivity index (χ1v) is 8.46. The molecule has 1 unspecified atom stereocenters. The van der Waals surface area contributed by atoms with Gasteiger partial charge in [0, 0.05) is 37.5 Å². The van der Waals surface area contributed by atoms with E-state index >= 15 is 0 Å².